The third kappa shape index (κ3) is 4.37. The van der Waals surface area contributed by atoms with Crippen LogP contribution in [0.5, 0.6) is 0 Å². The molecule has 1 aliphatic rings. The van der Waals surface area contributed by atoms with Crippen molar-refractivity contribution in [3.63, 3.8) is 0 Å². The van der Waals surface area contributed by atoms with Gasteiger partial charge in [-0.1, -0.05) is 11.8 Å². The molecule has 9 heteroatoms. The number of hydrogen-bond donors (Lipinski definition) is 3. The number of aliphatic hydroxyl groups is 2. The normalized spacial score (nSPS) is 22.1. The molecule has 4 N–H and O–H groups in total. The summed E-state index contributed by atoms with van der Waals surface area (Å²) in [6, 6.07) is 5.91. The Hall–Kier alpha value is -1.20. The van der Waals surface area contributed by atoms with Crippen LogP contribution >= 0.6 is 45.2 Å². The molecule has 0 radical (unpaired) electrons. The largest absolute Gasteiger partial charge is 0.394 e. The van der Waals surface area contributed by atoms with Gasteiger partial charge in [-0.2, -0.15) is 4.98 Å². The number of nitrogens with zero attached hydrogens (tertiary/aromatic N) is 2. The number of aromatic nitrogens is 2. The second-order valence-corrected chi connectivity index (χ2v) is 8.24. The number of benzene rings is 1. The van der Waals surface area contributed by atoms with Crippen LogP contribution in [0.3, 0.4) is 0 Å². The van der Waals surface area contributed by atoms with Gasteiger partial charge < -0.3 is 20.7 Å². The van der Waals surface area contributed by atoms with Gasteiger partial charge >= 0.3 is 5.69 Å². The molecule has 0 aliphatic carbocycles. The first-order valence-corrected chi connectivity index (χ1v) is 9.84. The molecule has 1 aromatic carbocycles. The van der Waals surface area contributed by atoms with Crippen LogP contribution in [0.4, 0.5) is 5.82 Å². The summed E-state index contributed by atoms with van der Waals surface area (Å²) >= 11 is 4.44. The number of aliphatic hydroxyl groups excluding tert-OH is 2. The Kier molecular flexibility index (Phi) is 6.18. The van der Waals surface area contributed by atoms with Gasteiger partial charge in [0.2, 0.25) is 0 Å². The van der Waals surface area contributed by atoms with Crippen molar-refractivity contribution in [3.8, 4) is 11.8 Å². The highest BCUT2D eigenvalue weighted by Gasteiger charge is 2.35. The van der Waals surface area contributed by atoms with Gasteiger partial charge in [-0.05, 0) is 63.4 Å². The first-order valence-electron chi connectivity index (χ1n) is 7.68. The molecule has 3 rings (SSSR count). The van der Waals surface area contributed by atoms with Crippen LogP contribution in [0.25, 0.3) is 0 Å². The smallest absolute Gasteiger partial charge is 0.351 e. The maximum absolute atomic E-state index is 12.1. The van der Waals surface area contributed by atoms with Crippen molar-refractivity contribution in [3.05, 3.63) is 53.1 Å². The lowest BCUT2D eigenvalue weighted by Crippen LogP contribution is -2.28. The van der Waals surface area contributed by atoms with Gasteiger partial charge in [0.25, 0.3) is 0 Å². The minimum Gasteiger partial charge on any atom is -0.394 e. The van der Waals surface area contributed by atoms with E-state index in [-0.39, 0.29) is 18.8 Å². The van der Waals surface area contributed by atoms with E-state index in [0.717, 1.165) is 12.7 Å². The lowest BCUT2D eigenvalue weighted by molar-refractivity contribution is -0.0458. The molecule has 3 atom stereocenters. The van der Waals surface area contributed by atoms with Gasteiger partial charge in [-0.3, -0.25) is 4.57 Å². The molecule has 1 fully saturated rings. The zero-order valence-corrected chi connectivity index (χ0v) is 17.7. The Morgan fingerprint density at radius 3 is 2.62 bits per heavy atom. The SMILES string of the molecule is Nc1nc(=O)n([C@H]2C[C@H](O)[C@@H](CO)O2)cc1C#Cc1cc(I)cc(I)c1. The molecule has 2 aromatic rings. The number of hydrogen-bond acceptors (Lipinski definition) is 6. The predicted octanol–water partition coefficient (Wildman–Crippen LogP) is 1.08. The van der Waals surface area contributed by atoms with E-state index in [1.165, 1.54) is 10.8 Å². The molecule has 0 unspecified atom stereocenters. The molecular formula is C17H15I2N3O4. The third-order valence-corrected chi connectivity index (χ3v) is 5.13. The van der Waals surface area contributed by atoms with Gasteiger partial charge in [-0.15, -0.1) is 0 Å². The Labute approximate surface area is 176 Å². The molecule has 0 spiro atoms. The average Bonchev–Trinajstić information content (AvgIpc) is 2.94. The fraction of sp³-hybridized carbons (Fsp3) is 0.294. The number of rotatable bonds is 2. The number of halogens is 2. The second-order valence-electron chi connectivity index (χ2n) is 5.75. The molecule has 7 nitrogen and oxygen atoms in total. The summed E-state index contributed by atoms with van der Waals surface area (Å²) in [5, 5.41) is 19.1. The first kappa shape index (κ1) is 19.6. The molecule has 0 saturated carbocycles. The topological polar surface area (TPSA) is 111 Å². The summed E-state index contributed by atoms with van der Waals surface area (Å²) in [4.78, 5) is 15.9. The molecule has 2 heterocycles. The zero-order chi connectivity index (χ0) is 18.8. The standard InChI is InChI=1S/C17H15I2N3O4/c18-11-3-9(4-12(19)5-11)1-2-10-7-22(17(25)21-16(10)20)15-6-13(24)14(8-23)26-15/h3-5,7,13-15,23-24H,6,8H2,(H2,20,21,25)/t13-,14+,15+/m0/s1. The lowest BCUT2D eigenvalue weighted by Gasteiger charge is -2.15. The van der Waals surface area contributed by atoms with Crippen LogP contribution in [-0.4, -0.2) is 38.6 Å². The number of nitrogen functional groups attached to an aromatic ring is 1. The highest BCUT2D eigenvalue weighted by atomic mass is 127. The number of anilines is 1. The van der Waals surface area contributed by atoms with E-state index < -0.39 is 24.1 Å². The fourth-order valence-electron chi connectivity index (χ4n) is 2.60. The van der Waals surface area contributed by atoms with Crippen LogP contribution in [0.2, 0.25) is 0 Å². The van der Waals surface area contributed by atoms with Crippen LogP contribution in [0.15, 0.2) is 29.2 Å². The monoisotopic (exact) mass is 579 g/mol. The minimum atomic E-state index is -0.850. The maximum Gasteiger partial charge on any atom is 0.351 e. The summed E-state index contributed by atoms with van der Waals surface area (Å²) in [5.74, 6) is 6.00. The van der Waals surface area contributed by atoms with E-state index in [9.17, 15) is 15.0 Å². The van der Waals surface area contributed by atoms with E-state index >= 15 is 0 Å². The van der Waals surface area contributed by atoms with Crippen molar-refractivity contribution in [2.45, 2.75) is 24.9 Å². The third-order valence-electron chi connectivity index (χ3n) is 3.88. The van der Waals surface area contributed by atoms with Crippen molar-refractivity contribution < 1.29 is 14.9 Å². The molecule has 0 bridgehead atoms. The van der Waals surface area contributed by atoms with E-state index in [0.29, 0.717) is 5.56 Å². The Balaban J connectivity index is 1.95. The Bertz CT molecular complexity index is 931. The van der Waals surface area contributed by atoms with Crippen molar-refractivity contribution in [1.29, 1.82) is 0 Å². The highest BCUT2D eigenvalue weighted by molar-refractivity contribution is 14.1. The van der Waals surface area contributed by atoms with E-state index in [2.05, 4.69) is 62.0 Å². The molecule has 0 amide bonds. The van der Waals surface area contributed by atoms with Gasteiger partial charge in [-0.25, -0.2) is 4.79 Å². The van der Waals surface area contributed by atoms with Crippen molar-refractivity contribution in [1.82, 2.24) is 9.55 Å². The summed E-state index contributed by atoms with van der Waals surface area (Å²) in [7, 11) is 0. The summed E-state index contributed by atoms with van der Waals surface area (Å²) < 4.78 is 8.89. The summed E-state index contributed by atoms with van der Waals surface area (Å²) in [5.41, 5.74) is 6.46. The fourth-order valence-corrected chi connectivity index (χ4v) is 4.54. The van der Waals surface area contributed by atoms with Gasteiger partial charge in [0.15, 0.2) is 0 Å². The number of ether oxygens (including phenoxy) is 1. The summed E-state index contributed by atoms with van der Waals surface area (Å²) in [6.07, 6.45) is -0.640. The van der Waals surface area contributed by atoms with E-state index in [1.54, 1.807) is 0 Å². The molecule has 136 valence electrons. The summed E-state index contributed by atoms with van der Waals surface area (Å²) in [6.45, 7) is -0.327. The molecule has 1 aromatic heterocycles. The van der Waals surface area contributed by atoms with Crippen LogP contribution in [0, 0.1) is 19.0 Å². The average molecular weight is 579 g/mol. The minimum absolute atomic E-state index is 0.0383. The van der Waals surface area contributed by atoms with Crippen LogP contribution in [-0.2, 0) is 4.74 Å². The second kappa shape index (κ2) is 8.22. The zero-order valence-electron chi connectivity index (χ0n) is 13.4. The molecule has 1 saturated heterocycles. The van der Waals surface area contributed by atoms with Gasteiger partial charge in [0.05, 0.1) is 18.3 Å². The molecule has 26 heavy (non-hydrogen) atoms. The Morgan fingerprint density at radius 2 is 2.00 bits per heavy atom. The number of nitrogens with two attached hydrogens (primary N) is 1. The van der Waals surface area contributed by atoms with E-state index in [4.69, 9.17) is 10.5 Å². The molecular weight excluding hydrogens is 564 g/mol. The quantitative estimate of drug-likeness (QED) is 0.363. The van der Waals surface area contributed by atoms with Crippen molar-refractivity contribution >= 4 is 51.0 Å². The molecule has 1 aliphatic heterocycles. The first-order chi connectivity index (χ1) is 12.4. The van der Waals surface area contributed by atoms with Crippen molar-refractivity contribution in [2.24, 2.45) is 0 Å². The van der Waals surface area contributed by atoms with Gasteiger partial charge in [0, 0.05) is 25.3 Å². The maximum atomic E-state index is 12.1. The van der Waals surface area contributed by atoms with Crippen molar-refractivity contribution in [2.75, 3.05) is 12.3 Å². The van der Waals surface area contributed by atoms with Crippen LogP contribution < -0.4 is 11.4 Å². The van der Waals surface area contributed by atoms with E-state index in [1.807, 2.05) is 18.2 Å². The van der Waals surface area contributed by atoms with Crippen LogP contribution in [0.1, 0.15) is 23.8 Å². The highest BCUT2D eigenvalue weighted by Crippen LogP contribution is 2.27. The predicted molar refractivity (Wildman–Crippen MR) is 112 cm³/mol. The lowest BCUT2D eigenvalue weighted by atomic mass is 10.2. The Morgan fingerprint density at radius 1 is 1.31 bits per heavy atom. The van der Waals surface area contributed by atoms with Gasteiger partial charge in [0.1, 0.15) is 18.1 Å².